The van der Waals surface area contributed by atoms with E-state index in [9.17, 15) is 0 Å². The molecule has 2 aromatic carbocycles. The van der Waals surface area contributed by atoms with Crippen LogP contribution in [0.4, 0.5) is 0 Å². The van der Waals surface area contributed by atoms with Gasteiger partial charge in [-0.15, -0.1) is 0 Å². The van der Waals surface area contributed by atoms with Gasteiger partial charge in [0.2, 0.25) is 0 Å². The van der Waals surface area contributed by atoms with E-state index < -0.39 is 0 Å². The molecular weight excluding hydrogens is 326 g/mol. The van der Waals surface area contributed by atoms with E-state index in [1.165, 1.54) is 70.9 Å². The molecule has 0 unspecified atom stereocenters. The summed E-state index contributed by atoms with van der Waals surface area (Å²) in [6.45, 7) is 4.82. The lowest BCUT2D eigenvalue weighted by Gasteiger charge is -2.39. The quantitative estimate of drug-likeness (QED) is 0.527. The first-order valence-corrected chi connectivity index (χ1v) is 11.3. The van der Waals surface area contributed by atoms with E-state index in [-0.39, 0.29) is 0 Å². The van der Waals surface area contributed by atoms with E-state index in [0.717, 1.165) is 5.92 Å². The number of rotatable bonds is 6. The Balaban J connectivity index is 1.50. The fourth-order valence-electron chi connectivity index (χ4n) is 5.25. The molecule has 27 heavy (non-hydrogen) atoms. The van der Waals surface area contributed by atoms with Gasteiger partial charge in [-0.3, -0.25) is 4.90 Å². The molecule has 1 aliphatic carbocycles. The largest absolute Gasteiger partial charge is 0.292 e. The van der Waals surface area contributed by atoms with Crippen molar-refractivity contribution >= 4 is 0 Å². The molecule has 1 nitrogen and oxygen atoms in total. The molecule has 2 aliphatic rings. The second-order valence-electron chi connectivity index (χ2n) is 8.63. The van der Waals surface area contributed by atoms with Gasteiger partial charge in [-0.05, 0) is 66.9 Å². The van der Waals surface area contributed by atoms with E-state index in [2.05, 4.69) is 60.4 Å². The van der Waals surface area contributed by atoms with Gasteiger partial charge in [0.15, 0.2) is 0 Å². The molecule has 0 aromatic heterocycles. The van der Waals surface area contributed by atoms with Crippen molar-refractivity contribution in [2.24, 2.45) is 5.92 Å². The predicted octanol–water partition coefficient (Wildman–Crippen LogP) is 6.56. The van der Waals surface area contributed by atoms with Crippen molar-refractivity contribution in [2.45, 2.75) is 70.8 Å². The van der Waals surface area contributed by atoms with Crippen LogP contribution in [0.1, 0.15) is 80.2 Å². The Labute approximate surface area is 165 Å². The summed E-state index contributed by atoms with van der Waals surface area (Å²) in [6, 6.07) is 18.9. The van der Waals surface area contributed by atoms with Crippen LogP contribution in [0.3, 0.4) is 0 Å². The molecule has 1 fully saturated rings. The van der Waals surface area contributed by atoms with Crippen LogP contribution in [-0.2, 0) is 12.8 Å². The fraction of sp³-hybridized carbons (Fsp3) is 0.538. The van der Waals surface area contributed by atoms with Crippen LogP contribution in [0.2, 0.25) is 0 Å². The first kappa shape index (κ1) is 18.7. The van der Waals surface area contributed by atoms with Gasteiger partial charge in [-0.2, -0.15) is 0 Å². The van der Waals surface area contributed by atoms with Crippen LogP contribution in [0.15, 0.2) is 48.5 Å². The summed E-state index contributed by atoms with van der Waals surface area (Å²) in [4.78, 5) is 2.78. The molecule has 0 amide bonds. The van der Waals surface area contributed by atoms with Crippen LogP contribution in [0.25, 0.3) is 0 Å². The van der Waals surface area contributed by atoms with Crippen molar-refractivity contribution in [3.8, 4) is 0 Å². The van der Waals surface area contributed by atoms with Crippen molar-refractivity contribution in [3.05, 3.63) is 70.8 Å². The third-order valence-electron chi connectivity index (χ3n) is 6.84. The van der Waals surface area contributed by atoms with E-state index in [1.807, 2.05) is 0 Å². The number of aryl methyl sites for hydroxylation is 2. The lowest BCUT2D eigenvalue weighted by molar-refractivity contribution is 0.145. The van der Waals surface area contributed by atoms with Gasteiger partial charge in [0.25, 0.3) is 0 Å². The molecule has 0 spiro atoms. The minimum Gasteiger partial charge on any atom is -0.292 e. The summed E-state index contributed by atoms with van der Waals surface area (Å²) in [5.74, 6) is 0.953. The standard InChI is InChI=1S/C26H35N/c1-2-3-4-5-10-21-17-19-27(20-18-21)26-24-13-8-6-11-22(24)15-16-23-12-7-9-14-25(23)26/h6-9,11-14,21,26H,2-5,10,15-20H2,1H3. The Kier molecular flexibility index (Phi) is 6.29. The molecule has 1 saturated heterocycles. The highest BCUT2D eigenvalue weighted by Gasteiger charge is 2.31. The van der Waals surface area contributed by atoms with Gasteiger partial charge in [0, 0.05) is 0 Å². The molecule has 1 aliphatic heterocycles. The maximum Gasteiger partial charge on any atom is 0.0607 e. The number of likely N-dealkylation sites (tertiary alicyclic amines) is 1. The number of unbranched alkanes of at least 4 members (excludes halogenated alkanes) is 3. The normalized spacial score (nSPS) is 18.7. The van der Waals surface area contributed by atoms with Crippen LogP contribution < -0.4 is 0 Å². The second kappa shape index (κ2) is 9.06. The second-order valence-corrected chi connectivity index (χ2v) is 8.63. The Bertz CT molecular complexity index is 679. The molecule has 0 saturated carbocycles. The van der Waals surface area contributed by atoms with E-state index >= 15 is 0 Å². The van der Waals surface area contributed by atoms with Crippen molar-refractivity contribution < 1.29 is 0 Å². The highest BCUT2D eigenvalue weighted by atomic mass is 15.2. The zero-order chi connectivity index (χ0) is 18.5. The third kappa shape index (κ3) is 4.29. The van der Waals surface area contributed by atoms with E-state index in [0.29, 0.717) is 6.04 Å². The molecule has 0 N–H and O–H groups in total. The highest BCUT2D eigenvalue weighted by Crippen LogP contribution is 2.39. The maximum atomic E-state index is 2.78. The SMILES string of the molecule is CCCCCCC1CCN(C2c3ccccc3CCc3ccccc32)CC1. The minimum absolute atomic E-state index is 0.459. The van der Waals surface area contributed by atoms with Crippen molar-refractivity contribution in [2.75, 3.05) is 13.1 Å². The van der Waals surface area contributed by atoms with Crippen molar-refractivity contribution in [1.29, 1.82) is 0 Å². The lowest BCUT2D eigenvalue weighted by atomic mass is 9.87. The molecule has 1 heterocycles. The fourth-order valence-corrected chi connectivity index (χ4v) is 5.25. The Morgan fingerprint density at radius 3 is 1.96 bits per heavy atom. The van der Waals surface area contributed by atoms with Crippen molar-refractivity contribution in [3.63, 3.8) is 0 Å². The predicted molar refractivity (Wildman–Crippen MR) is 115 cm³/mol. The number of piperidine rings is 1. The molecule has 4 rings (SSSR count). The Hall–Kier alpha value is -1.60. The molecule has 1 heteroatoms. The molecular formula is C26H35N. The van der Waals surface area contributed by atoms with Gasteiger partial charge in [0.05, 0.1) is 6.04 Å². The minimum atomic E-state index is 0.459. The topological polar surface area (TPSA) is 3.24 Å². The van der Waals surface area contributed by atoms with E-state index in [1.54, 1.807) is 22.3 Å². The third-order valence-corrected chi connectivity index (χ3v) is 6.84. The van der Waals surface area contributed by atoms with E-state index in [4.69, 9.17) is 0 Å². The van der Waals surface area contributed by atoms with Gasteiger partial charge in [-0.1, -0.05) is 87.6 Å². The molecule has 2 aromatic rings. The number of fused-ring (bicyclic) bond motifs is 2. The molecule has 0 radical (unpaired) electrons. The summed E-state index contributed by atoms with van der Waals surface area (Å²) in [6.07, 6.45) is 12.2. The Morgan fingerprint density at radius 2 is 1.37 bits per heavy atom. The summed E-state index contributed by atoms with van der Waals surface area (Å²) in [7, 11) is 0. The zero-order valence-electron chi connectivity index (χ0n) is 17.0. The number of nitrogens with zero attached hydrogens (tertiary/aromatic N) is 1. The highest BCUT2D eigenvalue weighted by molar-refractivity contribution is 5.44. The number of benzene rings is 2. The number of hydrogen-bond acceptors (Lipinski definition) is 1. The first-order valence-electron chi connectivity index (χ1n) is 11.3. The lowest BCUT2D eigenvalue weighted by Crippen LogP contribution is -2.37. The van der Waals surface area contributed by atoms with Crippen LogP contribution >= 0.6 is 0 Å². The van der Waals surface area contributed by atoms with Gasteiger partial charge < -0.3 is 0 Å². The zero-order valence-corrected chi connectivity index (χ0v) is 17.0. The summed E-state index contributed by atoms with van der Waals surface area (Å²) in [5, 5.41) is 0. The van der Waals surface area contributed by atoms with Gasteiger partial charge in [0.1, 0.15) is 0 Å². The molecule has 0 atom stereocenters. The smallest absolute Gasteiger partial charge is 0.0607 e. The first-order chi connectivity index (χ1) is 13.4. The summed E-state index contributed by atoms with van der Waals surface area (Å²) >= 11 is 0. The molecule has 0 bridgehead atoms. The van der Waals surface area contributed by atoms with Crippen LogP contribution in [0.5, 0.6) is 0 Å². The number of hydrogen-bond donors (Lipinski definition) is 0. The summed E-state index contributed by atoms with van der Waals surface area (Å²) < 4.78 is 0. The average Bonchev–Trinajstić information content (AvgIpc) is 2.89. The van der Waals surface area contributed by atoms with Crippen LogP contribution in [-0.4, -0.2) is 18.0 Å². The maximum absolute atomic E-state index is 2.78. The molecule has 144 valence electrons. The average molecular weight is 362 g/mol. The Morgan fingerprint density at radius 1 is 0.778 bits per heavy atom. The van der Waals surface area contributed by atoms with Gasteiger partial charge >= 0.3 is 0 Å². The summed E-state index contributed by atoms with van der Waals surface area (Å²) in [5.41, 5.74) is 6.23. The van der Waals surface area contributed by atoms with Crippen molar-refractivity contribution in [1.82, 2.24) is 4.90 Å². The van der Waals surface area contributed by atoms with Gasteiger partial charge in [-0.25, -0.2) is 0 Å². The monoisotopic (exact) mass is 361 g/mol. The van der Waals surface area contributed by atoms with Crippen LogP contribution in [0, 0.1) is 5.92 Å².